The van der Waals surface area contributed by atoms with Crippen LogP contribution < -0.4 is 4.98 Å². The van der Waals surface area contributed by atoms with Gasteiger partial charge >= 0.3 is 0 Å². The molecule has 4 heteroatoms. The zero-order valence-electron chi connectivity index (χ0n) is 5.33. The summed E-state index contributed by atoms with van der Waals surface area (Å²) in [5.41, 5.74) is 0.319. The minimum atomic E-state index is -0.606. The van der Waals surface area contributed by atoms with Gasteiger partial charge in [0.2, 0.25) is 3.95 Å². The smallest absolute Gasteiger partial charge is 0.245 e. The quantitative estimate of drug-likeness (QED) is 0.431. The van der Waals surface area contributed by atoms with Crippen LogP contribution in [0.4, 0.5) is 0 Å². The Kier molecular flexibility index (Phi) is 4.48. The lowest BCUT2D eigenvalue weighted by atomic mass is 10.1. The molecule has 0 unspecified atom stereocenters. The van der Waals surface area contributed by atoms with Gasteiger partial charge in [0.25, 0.3) is 0 Å². The molecule has 1 nitrogen and oxygen atoms in total. The molecule has 0 saturated heterocycles. The number of hydrogen-bond acceptors (Lipinski definition) is 1. The summed E-state index contributed by atoms with van der Waals surface area (Å²) in [5.74, 6) is 0. The fourth-order valence-electron chi connectivity index (χ4n) is 0.327. The van der Waals surface area contributed by atoms with Gasteiger partial charge in [0.15, 0.2) is 0 Å². The number of rotatable bonds is 1. The molecule has 50 valence electrons. The van der Waals surface area contributed by atoms with Crippen molar-refractivity contribution < 1.29 is 0 Å². The molecule has 0 fully saturated rings. The molecule has 0 aromatic rings. The van der Waals surface area contributed by atoms with E-state index in [1.807, 2.05) is 0 Å². The average molecular weight is 355 g/mol. The molecule has 8 heavy (non-hydrogen) atoms. The van der Waals surface area contributed by atoms with Gasteiger partial charge in [-0.2, -0.15) is 0 Å². The summed E-state index contributed by atoms with van der Waals surface area (Å²) in [6.45, 7) is 6.60. The van der Waals surface area contributed by atoms with Crippen LogP contribution in [0.15, 0.2) is 0 Å². The van der Waals surface area contributed by atoms with Crippen molar-refractivity contribution in [3.05, 3.63) is 0 Å². The SMILES string of the molecule is CC(C)(C)N[SiH](I)I. The zero-order valence-corrected chi connectivity index (χ0v) is 10.8. The van der Waals surface area contributed by atoms with Crippen molar-refractivity contribution >= 4 is 47.5 Å². The van der Waals surface area contributed by atoms with Gasteiger partial charge in [-0.25, -0.2) is 0 Å². The Hall–Kier alpha value is 1.64. The van der Waals surface area contributed by atoms with Crippen molar-refractivity contribution in [2.75, 3.05) is 0 Å². The second-order valence-electron chi connectivity index (χ2n) is 2.70. The number of nitrogens with one attached hydrogen (secondary N) is 1. The van der Waals surface area contributed by atoms with Crippen molar-refractivity contribution in [2.45, 2.75) is 26.3 Å². The van der Waals surface area contributed by atoms with Crippen LogP contribution in [0.2, 0.25) is 0 Å². The highest BCUT2D eigenvalue weighted by Crippen LogP contribution is 2.07. The van der Waals surface area contributed by atoms with E-state index < -0.39 is 3.95 Å². The summed E-state index contributed by atoms with van der Waals surface area (Å²) in [5, 5.41) is 0. The van der Waals surface area contributed by atoms with E-state index in [0.29, 0.717) is 5.54 Å². The second-order valence-corrected chi connectivity index (χ2v) is 18.2. The molecule has 0 rings (SSSR count). The van der Waals surface area contributed by atoms with Crippen molar-refractivity contribution in [1.82, 2.24) is 4.98 Å². The Balaban J connectivity index is 3.39. The minimum Gasteiger partial charge on any atom is -0.319 e. The highest BCUT2D eigenvalue weighted by Gasteiger charge is 2.12. The molecule has 0 saturated carbocycles. The molecule has 0 aliphatic carbocycles. The summed E-state index contributed by atoms with van der Waals surface area (Å²) in [4.78, 5) is 3.49. The molecule has 0 aliphatic heterocycles. The van der Waals surface area contributed by atoms with Crippen LogP contribution in [0.5, 0.6) is 0 Å². The standard InChI is InChI=1S/C4H11I2NSi/c1-4(2,3)7-8(5)6/h7-8H,1-3H3. The van der Waals surface area contributed by atoms with Gasteiger partial charge in [0.1, 0.15) is 0 Å². The fraction of sp³-hybridized carbons (Fsp3) is 1.00. The van der Waals surface area contributed by atoms with E-state index in [0.717, 1.165) is 0 Å². The van der Waals surface area contributed by atoms with E-state index in [-0.39, 0.29) is 0 Å². The van der Waals surface area contributed by atoms with E-state index in [9.17, 15) is 0 Å². The number of halogens is 2. The Morgan fingerprint density at radius 3 is 1.62 bits per heavy atom. The van der Waals surface area contributed by atoms with Crippen LogP contribution in [0.1, 0.15) is 20.8 Å². The lowest BCUT2D eigenvalue weighted by Crippen LogP contribution is -2.40. The molecule has 1 N–H and O–H groups in total. The Labute approximate surface area is 78.1 Å². The van der Waals surface area contributed by atoms with Gasteiger partial charge in [-0.05, 0) is 20.8 Å². The highest BCUT2D eigenvalue weighted by molar-refractivity contribution is 14.3. The van der Waals surface area contributed by atoms with Crippen LogP contribution in [-0.2, 0) is 0 Å². The summed E-state index contributed by atoms with van der Waals surface area (Å²) in [6, 6.07) is 0. The van der Waals surface area contributed by atoms with E-state index >= 15 is 0 Å². The first-order chi connectivity index (χ1) is 3.42. The Morgan fingerprint density at radius 2 is 1.62 bits per heavy atom. The lowest BCUT2D eigenvalue weighted by molar-refractivity contribution is 0.527. The van der Waals surface area contributed by atoms with E-state index in [4.69, 9.17) is 0 Å². The first-order valence-electron chi connectivity index (χ1n) is 2.48. The molecule has 0 aromatic carbocycles. The van der Waals surface area contributed by atoms with Crippen LogP contribution in [0.3, 0.4) is 0 Å². The van der Waals surface area contributed by atoms with Crippen LogP contribution >= 0.6 is 43.6 Å². The third kappa shape index (κ3) is 7.64. The van der Waals surface area contributed by atoms with Gasteiger partial charge < -0.3 is 4.98 Å². The molecule has 0 atom stereocenters. The molecule has 0 bridgehead atoms. The van der Waals surface area contributed by atoms with Crippen LogP contribution in [0.25, 0.3) is 0 Å². The first kappa shape index (κ1) is 9.64. The summed E-state index contributed by atoms with van der Waals surface area (Å²) in [7, 11) is 0. The lowest BCUT2D eigenvalue weighted by Gasteiger charge is -2.20. The van der Waals surface area contributed by atoms with Crippen molar-refractivity contribution in [3.8, 4) is 0 Å². The maximum Gasteiger partial charge on any atom is 0.245 e. The predicted octanol–water partition coefficient (Wildman–Crippen LogP) is 1.96. The van der Waals surface area contributed by atoms with Crippen molar-refractivity contribution in [2.24, 2.45) is 0 Å². The number of hydrogen-bond donors (Lipinski definition) is 1. The Bertz CT molecular complexity index is 68.9. The predicted molar refractivity (Wildman–Crippen MR) is 58.1 cm³/mol. The molecule has 0 spiro atoms. The van der Waals surface area contributed by atoms with Gasteiger partial charge in [0.05, 0.1) is 0 Å². The molecular weight excluding hydrogens is 344 g/mol. The first-order valence-corrected chi connectivity index (χ1v) is 11.4. The largest absolute Gasteiger partial charge is 0.319 e. The molecule has 0 radical (unpaired) electrons. The molecule has 0 amide bonds. The highest BCUT2D eigenvalue weighted by atomic mass is 127. The average Bonchev–Trinajstić information content (AvgIpc) is 1.21. The van der Waals surface area contributed by atoms with Gasteiger partial charge in [-0.15, -0.1) is 0 Å². The van der Waals surface area contributed by atoms with Crippen molar-refractivity contribution in [3.63, 3.8) is 0 Å². The van der Waals surface area contributed by atoms with Gasteiger partial charge in [-0.1, -0.05) is 43.6 Å². The monoisotopic (exact) mass is 355 g/mol. The normalized spacial score (nSPS) is 12.8. The fourth-order valence-corrected chi connectivity index (χ4v) is 6.59. The van der Waals surface area contributed by atoms with Crippen LogP contribution in [0, 0.1) is 0 Å². The maximum absolute atomic E-state index is 3.49. The van der Waals surface area contributed by atoms with E-state index in [1.165, 1.54) is 0 Å². The van der Waals surface area contributed by atoms with Crippen molar-refractivity contribution in [1.29, 1.82) is 0 Å². The third-order valence-corrected chi connectivity index (χ3v) is 3.49. The van der Waals surface area contributed by atoms with Crippen LogP contribution in [-0.4, -0.2) is 9.49 Å². The molecule has 0 heterocycles. The van der Waals surface area contributed by atoms with E-state index in [1.54, 1.807) is 0 Å². The topological polar surface area (TPSA) is 12.0 Å². The maximum atomic E-state index is 3.49. The third-order valence-electron chi connectivity index (χ3n) is 0.542. The van der Waals surface area contributed by atoms with Gasteiger partial charge in [0, 0.05) is 5.54 Å². The minimum absolute atomic E-state index is 0.319. The molecular formula is C4H11I2NSi. The zero-order chi connectivity index (χ0) is 6.78. The van der Waals surface area contributed by atoms with E-state index in [2.05, 4.69) is 69.3 Å². The second kappa shape index (κ2) is 3.72. The van der Waals surface area contributed by atoms with Gasteiger partial charge in [-0.3, -0.25) is 0 Å². The summed E-state index contributed by atoms with van der Waals surface area (Å²) < 4.78 is -0.606. The summed E-state index contributed by atoms with van der Waals surface area (Å²) >= 11 is 4.96. The molecule has 0 aromatic heterocycles. The Morgan fingerprint density at radius 1 is 1.25 bits per heavy atom. The summed E-state index contributed by atoms with van der Waals surface area (Å²) in [6.07, 6.45) is 0. The molecule has 0 aliphatic rings.